The van der Waals surface area contributed by atoms with Crippen molar-refractivity contribution in [1.82, 2.24) is 9.97 Å². The first-order valence-electron chi connectivity index (χ1n) is 8.08. The standard InChI is InChI=1S/C18H18ClN3OS/c19-13-5-1-2-6-14(13)22-24-12-8-9-15-16(11-12)21-18(20-15)17-7-3-4-10-23-17/h1-2,5-6,8-9,11,17,22H,3-4,7,10H2,(H,20,21). The smallest absolute Gasteiger partial charge is 0.136 e. The molecule has 0 saturated carbocycles. The van der Waals surface area contributed by atoms with Crippen LogP contribution in [-0.2, 0) is 4.74 Å². The van der Waals surface area contributed by atoms with Crippen molar-refractivity contribution >= 4 is 40.3 Å². The number of ether oxygens (including phenoxy) is 1. The predicted molar refractivity (Wildman–Crippen MR) is 99.6 cm³/mol. The fourth-order valence-corrected chi connectivity index (χ4v) is 3.80. The summed E-state index contributed by atoms with van der Waals surface area (Å²) in [7, 11) is 0. The van der Waals surface area contributed by atoms with E-state index in [-0.39, 0.29) is 6.10 Å². The van der Waals surface area contributed by atoms with Gasteiger partial charge in [0.25, 0.3) is 0 Å². The Balaban J connectivity index is 1.51. The summed E-state index contributed by atoms with van der Waals surface area (Å²) in [5.41, 5.74) is 2.91. The second kappa shape index (κ2) is 7.05. The Hall–Kier alpha value is -1.69. The average Bonchev–Trinajstić information content (AvgIpc) is 3.05. The zero-order valence-electron chi connectivity index (χ0n) is 13.1. The second-order valence-corrected chi connectivity index (χ2v) is 7.13. The van der Waals surface area contributed by atoms with Gasteiger partial charge in [-0.05, 0) is 61.5 Å². The van der Waals surface area contributed by atoms with Crippen LogP contribution < -0.4 is 4.72 Å². The molecule has 6 heteroatoms. The summed E-state index contributed by atoms with van der Waals surface area (Å²) in [6, 6.07) is 13.9. The summed E-state index contributed by atoms with van der Waals surface area (Å²) in [6.45, 7) is 0.824. The molecule has 3 aromatic rings. The minimum Gasteiger partial charge on any atom is -0.370 e. The summed E-state index contributed by atoms with van der Waals surface area (Å²) in [6.07, 6.45) is 3.48. The molecule has 0 radical (unpaired) electrons. The van der Waals surface area contributed by atoms with Gasteiger partial charge in [-0.15, -0.1) is 0 Å². The molecule has 1 saturated heterocycles. The number of nitrogens with zero attached hydrogens (tertiary/aromatic N) is 1. The first-order valence-corrected chi connectivity index (χ1v) is 9.28. The summed E-state index contributed by atoms with van der Waals surface area (Å²) in [4.78, 5) is 9.19. The molecule has 2 heterocycles. The van der Waals surface area contributed by atoms with Crippen molar-refractivity contribution in [3.63, 3.8) is 0 Å². The quantitative estimate of drug-likeness (QED) is 0.597. The van der Waals surface area contributed by atoms with Crippen LogP contribution in [0.15, 0.2) is 47.4 Å². The minimum absolute atomic E-state index is 0.100. The van der Waals surface area contributed by atoms with E-state index >= 15 is 0 Å². The highest BCUT2D eigenvalue weighted by Crippen LogP contribution is 2.30. The molecule has 2 aromatic carbocycles. The number of benzene rings is 2. The van der Waals surface area contributed by atoms with Crippen LogP contribution in [0, 0.1) is 0 Å². The van der Waals surface area contributed by atoms with E-state index in [1.807, 2.05) is 30.3 Å². The van der Waals surface area contributed by atoms with E-state index in [1.165, 1.54) is 18.4 Å². The molecule has 2 N–H and O–H groups in total. The monoisotopic (exact) mass is 359 g/mol. The number of hydrogen-bond donors (Lipinski definition) is 2. The van der Waals surface area contributed by atoms with Gasteiger partial charge in [0, 0.05) is 11.5 Å². The van der Waals surface area contributed by atoms with Crippen molar-refractivity contribution in [2.24, 2.45) is 0 Å². The summed E-state index contributed by atoms with van der Waals surface area (Å²) in [5.74, 6) is 0.936. The molecule has 24 heavy (non-hydrogen) atoms. The van der Waals surface area contributed by atoms with Gasteiger partial charge < -0.3 is 14.4 Å². The second-order valence-electron chi connectivity index (χ2n) is 5.84. The number of anilines is 1. The fourth-order valence-electron chi connectivity index (χ4n) is 2.84. The molecule has 1 aliphatic rings. The molecular formula is C18H18ClN3OS. The Morgan fingerprint density at radius 3 is 2.96 bits per heavy atom. The number of H-pyrrole nitrogens is 1. The highest BCUT2D eigenvalue weighted by Gasteiger charge is 2.19. The molecular weight excluding hydrogens is 342 g/mol. The third-order valence-electron chi connectivity index (χ3n) is 4.11. The van der Waals surface area contributed by atoms with Crippen molar-refractivity contribution in [1.29, 1.82) is 0 Å². The molecule has 1 unspecified atom stereocenters. The Morgan fingerprint density at radius 1 is 1.21 bits per heavy atom. The molecule has 4 nitrogen and oxygen atoms in total. The van der Waals surface area contributed by atoms with E-state index in [4.69, 9.17) is 16.3 Å². The highest BCUT2D eigenvalue weighted by atomic mass is 35.5. The van der Waals surface area contributed by atoms with Gasteiger partial charge in [0.1, 0.15) is 11.9 Å². The normalized spacial score (nSPS) is 18.0. The summed E-state index contributed by atoms with van der Waals surface area (Å²) < 4.78 is 9.11. The maximum absolute atomic E-state index is 6.17. The van der Waals surface area contributed by atoms with Crippen LogP contribution in [0.3, 0.4) is 0 Å². The molecule has 0 aliphatic carbocycles. The van der Waals surface area contributed by atoms with Gasteiger partial charge in [-0.2, -0.15) is 0 Å². The van der Waals surface area contributed by atoms with Gasteiger partial charge in [0.2, 0.25) is 0 Å². The Kier molecular flexibility index (Phi) is 4.65. The predicted octanol–water partition coefficient (Wildman–Crippen LogP) is 5.58. The van der Waals surface area contributed by atoms with Gasteiger partial charge in [0.05, 0.1) is 21.7 Å². The molecule has 1 aromatic heterocycles. The first-order chi connectivity index (χ1) is 11.8. The molecule has 0 amide bonds. The van der Waals surface area contributed by atoms with Crippen LogP contribution in [-0.4, -0.2) is 16.6 Å². The van der Waals surface area contributed by atoms with E-state index in [2.05, 4.69) is 26.8 Å². The maximum Gasteiger partial charge on any atom is 0.136 e. The zero-order chi connectivity index (χ0) is 16.4. The average molecular weight is 360 g/mol. The molecule has 4 rings (SSSR count). The zero-order valence-corrected chi connectivity index (χ0v) is 14.7. The van der Waals surface area contributed by atoms with Crippen molar-refractivity contribution in [2.75, 3.05) is 11.3 Å². The number of aromatic nitrogens is 2. The van der Waals surface area contributed by atoms with Gasteiger partial charge >= 0.3 is 0 Å². The van der Waals surface area contributed by atoms with E-state index < -0.39 is 0 Å². The molecule has 1 fully saturated rings. The molecule has 0 bridgehead atoms. The first kappa shape index (κ1) is 15.8. The Morgan fingerprint density at radius 2 is 2.12 bits per heavy atom. The molecule has 1 aliphatic heterocycles. The third kappa shape index (κ3) is 3.38. The van der Waals surface area contributed by atoms with Gasteiger partial charge in [-0.1, -0.05) is 23.7 Å². The number of fused-ring (bicyclic) bond motifs is 1. The fraction of sp³-hybridized carbons (Fsp3) is 0.278. The molecule has 0 spiro atoms. The van der Waals surface area contributed by atoms with Gasteiger partial charge in [-0.25, -0.2) is 4.98 Å². The van der Waals surface area contributed by atoms with Crippen molar-refractivity contribution in [3.05, 3.63) is 53.3 Å². The Bertz CT molecular complexity index is 845. The SMILES string of the molecule is Clc1ccccc1NSc1ccc2nc(C3CCCCO3)[nH]c2c1. The molecule has 124 valence electrons. The summed E-state index contributed by atoms with van der Waals surface area (Å²) in [5, 5.41) is 0.712. The minimum atomic E-state index is 0.100. The van der Waals surface area contributed by atoms with Crippen molar-refractivity contribution in [3.8, 4) is 0 Å². The number of para-hydroxylation sites is 1. The lowest BCUT2D eigenvalue weighted by molar-refractivity contribution is 0.0101. The largest absolute Gasteiger partial charge is 0.370 e. The van der Waals surface area contributed by atoms with E-state index in [1.54, 1.807) is 0 Å². The van der Waals surface area contributed by atoms with Crippen LogP contribution >= 0.6 is 23.5 Å². The van der Waals surface area contributed by atoms with E-state index in [0.29, 0.717) is 5.02 Å². The number of aromatic amines is 1. The van der Waals surface area contributed by atoms with Gasteiger partial charge in [0.15, 0.2) is 0 Å². The van der Waals surface area contributed by atoms with E-state index in [9.17, 15) is 0 Å². The summed E-state index contributed by atoms with van der Waals surface area (Å²) >= 11 is 7.70. The van der Waals surface area contributed by atoms with Crippen LogP contribution in [0.2, 0.25) is 5.02 Å². The highest BCUT2D eigenvalue weighted by molar-refractivity contribution is 8.00. The number of imidazole rings is 1. The Labute approximate surface area is 150 Å². The van der Waals surface area contributed by atoms with Gasteiger partial charge in [-0.3, -0.25) is 0 Å². The lowest BCUT2D eigenvalue weighted by atomic mass is 10.1. The lowest BCUT2D eigenvalue weighted by Crippen LogP contribution is -2.12. The third-order valence-corrected chi connectivity index (χ3v) is 5.25. The number of halogens is 1. The number of hydrogen-bond acceptors (Lipinski definition) is 4. The van der Waals surface area contributed by atoms with Crippen LogP contribution in [0.5, 0.6) is 0 Å². The maximum atomic E-state index is 6.17. The van der Waals surface area contributed by atoms with Crippen LogP contribution in [0.25, 0.3) is 11.0 Å². The van der Waals surface area contributed by atoms with E-state index in [0.717, 1.165) is 46.9 Å². The number of nitrogens with one attached hydrogen (secondary N) is 2. The van der Waals surface area contributed by atoms with Crippen molar-refractivity contribution in [2.45, 2.75) is 30.3 Å². The molecule has 1 atom stereocenters. The van der Waals surface area contributed by atoms with Crippen molar-refractivity contribution < 1.29 is 4.74 Å². The van der Waals surface area contributed by atoms with Crippen LogP contribution in [0.1, 0.15) is 31.2 Å². The number of rotatable bonds is 4. The lowest BCUT2D eigenvalue weighted by Gasteiger charge is -2.20. The van der Waals surface area contributed by atoms with Crippen LogP contribution in [0.4, 0.5) is 5.69 Å². The topological polar surface area (TPSA) is 49.9 Å².